The minimum Gasteiger partial charge on any atom is -0.455 e. The third-order valence-electron chi connectivity index (χ3n) is 6.89. The average molecular weight is 435 g/mol. The van der Waals surface area contributed by atoms with E-state index < -0.39 is 0 Å². The van der Waals surface area contributed by atoms with E-state index in [0.29, 0.717) is 0 Å². The molecule has 0 bridgehead atoms. The van der Waals surface area contributed by atoms with Gasteiger partial charge in [0.05, 0.1) is 0 Å². The van der Waals surface area contributed by atoms with Crippen molar-refractivity contribution >= 4 is 43.5 Å². The topological polar surface area (TPSA) is 13.1 Å². The van der Waals surface area contributed by atoms with Crippen LogP contribution in [0.15, 0.2) is 126 Å². The molecule has 0 amide bonds. The standard InChI is InChI=1S/C33H22O/c1-2-10-22(11-3-1)20-25-15-9-19-29-30-21-24-13-5-7-17-27(24)31(33(30)34-32(25)29)28-18-8-14-23-12-4-6-16-26(23)28/h1-19,21H,20H2. The first-order valence-electron chi connectivity index (χ1n) is 11.7. The summed E-state index contributed by atoms with van der Waals surface area (Å²) in [5.74, 6) is 0. The van der Waals surface area contributed by atoms with E-state index in [-0.39, 0.29) is 0 Å². The summed E-state index contributed by atoms with van der Waals surface area (Å²) in [4.78, 5) is 0. The largest absolute Gasteiger partial charge is 0.455 e. The first kappa shape index (κ1) is 19.1. The SMILES string of the molecule is c1ccc(Cc2cccc3c2oc2c(-c4cccc5ccccc45)c4ccccc4cc23)cc1. The van der Waals surface area contributed by atoms with Crippen LogP contribution in [0.1, 0.15) is 11.1 Å². The van der Waals surface area contributed by atoms with Gasteiger partial charge in [-0.05, 0) is 44.3 Å². The molecule has 1 aromatic heterocycles. The summed E-state index contributed by atoms with van der Waals surface area (Å²) in [5, 5.41) is 7.28. The lowest BCUT2D eigenvalue weighted by Crippen LogP contribution is -1.87. The molecule has 0 radical (unpaired) electrons. The molecule has 0 aliphatic heterocycles. The summed E-state index contributed by atoms with van der Waals surface area (Å²) in [6.45, 7) is 0. The van der Waals surface area contributed by atoms with E-state index in [1.807, 2.05) is 0 Å². The summed E-state index contributed by atoms with van der Waals surface area (Å²) >= 11 is 0. The van der Waals surface area contributed by atoms with Gasteiger partial charge in [-0.2, -0.15) is 0 Å². The third-order valence-corrected chi connectivity index (χ3v) is 6.89. The zero-order chi connectivity index (χ0) is 22.5. The van der Waals surface area contributed by atoms with Gasteiger partial charge in [0.15, 0.2) is 0 Å². The second-order valence-electron chi connectivity index (χ2n) is 8.93. The normalized spacial score (nSPS) is 11.6. The maximum atomic E-state index is 6.80. The molecule has 1 heteroatoms. The minimum atomic E-state index is 0.848. The second-order valence-corrected chi connectivity index (χ2v) is 8.93. The Hall–Kier alpha value is -4.36. The molecule has 0 spiro atoms. The summed E-state index contributed by atoms with van der Waals surface area (Å²) < 4.78 is 6.80. The lowest BCUT2D eigenvalue weighted by Gasteiger charge is -2.11. The smallest absolute Gasteiger partial charge is 0.143 e. The molecule has 7 aromatic rings. The van der Waals surface area contributed by atoms with Crippen molar-refractivity contribution in [1.82, 2.24) is 0 Å². The van der Waals surface area contributed by atoms with E-state index in [9.17, 15) is 0 Å². The predicted octanol–water partition coefficient (Wildman–Crippen LogP) is 9.15. The van der Waals surface area contributed by atoms with Gasteiger partial charge in [-0.15, -0.1) is 0 Å². The summed E-state index contributed by atoms with van der Waals surface area (Å²) in [6.07, 6.45) is 0.848. The van der Waals surface area contributed by atoms with Crippen molar-refractivity contribution in [2.45, 2.75) is 6.42 Å². The highest BCUT2D eigenvalue weighted by atomic mass is 16.3. The molecule has 160 valence electrons. The first-order valence-corrected chi connectivity index (χ1v) is 11.7. The molecule has 0 saturated carbocycles. The van der Waals surface area contributed by atoms with Crippen LogP contribution in [-0.2, 0) is 6.42 Å². The molecule has 6 aromatic carbocycles. The third kappa shape index (κ3) is 2.94. The molecule has 0 fully saturated rings. The van der Waals surface area contributed by atoms with Gasteiger partial charge in [-0.25, -0.2) is 0 Å². The quantitative estimate of drug-likeness (QED) is 0.270. The molecule has 34 heavy (non-hydrogen) atoms. The maximum Gasteiger partial charge on any atom is 0.143 e. The van der Waals surface area contributed by atoms with E-state index >= 15 is 0 Å². The van der Waals surface area contributed by atoms with Gasteiger partial charge in [0.1, 0.15) is 11.2 Å². The molecule has 0 aliphatic carbocycles. The van der Waals surface area contributed by atoms with Crippen LogP contribution in [0.2, 0.25) is 0 Å². The van der Waals surface area contributed by atoms with E-state index in [4.69, 9.17) is 4.42 Å². The van der Waals surface area contributed by atoms with Crippen LogP contribution < -0.4 is 0 Å². The van der Waals surface area contributed by atoms with Crippen LogP contribution in [-0.4, -0.2) is 0 Å². The molecule has 0 atom stereocenters. The Bertz CT molecular complexity index is 1820. The monoisotopic (exact) mass is 434 g/mol. The van der Waals surface area contributed by atoms with Gasteiger partial charge in [0, 0.05) is 22.8 Å². The molecular formula is C33H22O. The number of para-hydroxylation sites is 1. The predicted molar refractivity (Wildman–Crippen MR) is 143 cm³/mol. The number of furan rings is 1. The lowest BCUT2D eigenvalue weighted by atomic mass is 9.92. The fourth-order valence-electron chi connectivity index (χ4n) is 5.32. The maximum absolute atomic E-state index is 6.80. The second kappa shape index (κ2) is 7.60. The summed E-state index contributed by atoms with van der Waals surface area (Å²) in [6, 6.07) is 43.2. The van der Waals surface area contributed by atoms with Gasteiger partial charge in [0.2, 0.25) is 0 Å². The highest BCUT2D eigenvalue weighted by molar-refractivity contribution is 6.21. The van der Waals surface area contributed by atoms with E-state index in [2.05, 4.69) is 121 Å². The molecule has 0 unspecified atom stereocenters. The van der Waals surface area contributed by atoms with Gasteiger partial charge in [-0.3, -0.25) is 0 Å². The molecule has 0 aliphatic rings. The Labute approximate surface area is 197 Å². The summed E-state index contributed by atoms with van der Waals surface area (Å²) in [7, 11) is 0. The van der Waals surface area contributed by atoms with Gasteiger partial charge in [-0.1, -0.05) is 115 Å². The van der Waals surface area contributed by atoms with E-state index in [1.165, 1.54) is 54.6 Å². The molecule has 1 nitrogen and oxygen atoms in total. The van der Waals surface area contributed by atoms with Crippen LogP contribution in [0.25, 0.3) is 54.6 Å². The van der Waals surface area contributed by atoms with Crippen LogP contribution in [0, 0.1) is 0 Å². The zero-order valence-electron chi connectivity index (χ0n) is 18.7. The number of benzene rings is 6. The number of hydrogen-bond donors (Lipinski definition) is 0. The van der Waals surface area contributed by atoms with Crippen LogP contribution in [0.4, 0.5) is 0 Å². The van der Waals surface area contributed by atoms with Gasteiger partial charge in [0.25, 0.3) is 0 Å². The number of hydrogen-bond acceptors (Lipinski definition) is 1. The van der Waals surface area contributed by atoms with Crippen LogP contribution >= 0.6 is 0 Å². The van der Waals surface area contributed by atoms with Crippen molar-refractivity contribution in [1.29, 1.82) is 0 Å². The number of fused-ring (bicyclic) bond motifs is 5. The highest BCUT2D eigenvalue weighted by Crippen LogP contribution is 2.43. The van der Waals surface area contributed by atoms with E-state index in [0.717, 1.165) is 17.6 Å². The van der Waals surface area contributed by atoms with Crippen LogP contribution in [0.5, 0.6) is 0 Å². The van der Waals surface area contributed by atoms with Crippen molar-refractivity contribution in [3.8, 4) is 11.1 Å². The molecule has 0 N–H and O–H groups in total. The van der Waals surface area contributed by atoms with Crippen molar-refractivity contribution in [2.75, 3.05) is 0 Å². The van der Waals surface area contributed by atoms with Crippen molar-refractivity contribution in [3.63, 3.8) is 0 Å². The van der Waals surface area contributed by atoms with Crippen LogP contribution in [0.3, 0.4) is 0 Å². The Morgan fingerprint density at radius 2 is 1.15 bits per heavy atom. The fraction of sp³-hybridized carbons (Fsp3) is 0.0303. The highest BCUT2D eigenvalue weighted by Gasteiger charge is 2.19. The lowest BCUT2D eigenvalue weighted by molar-refractivity contribution is 0.665. The zero-order valence-corrected chi connectivity index (χ0v) is 18.7. The van der Waals surface area contributed by atoms with Crippen molar-refractivity contribution in [3.05, 3.63) is 132 Å². The Morgan fingerprint density at radius 1 is 0.471 bits per heavy atom. The van der Waals surface area contributed by atoms with Gasteiger partial charge >= 0.3 is 0 Å². The van der Waals surface area contributed by atoms with Crippen molar-refractivity contribution in [2.24, 2.45) is 0 Å². The molecular weight excluding hydrogens is 412 g/mol. The molecule has 7 rings (SSSR count). The molecule has 1 heterocycles. The minimum absolute atomic E-state index is 0.848. The molecule has 0 saturated heterocycles. The van der Waals surface area contributed by atoms with E-state index in [1.54, 1.807) is 0 Å². The fourth-order valence-corrected chi connectivity index (χ4v) is 5.32. The number of rotatable bonds is 3. The summed E-state index contributed by atoms with van der Waals surface area (Å²) in [5.41, 5.74) is 6.83. The van der Waals surface area contributed by atoms with Crippen molar-refractivity contribution < 1.29 is 4.42 Å². The van der Waals surface area contributed by atoms with Gasteiger partial charge < -0.3 is 4.42 Å². The Balaban J connectivity index is 1.59. The average Bonchev–Trinajstić information content (AvgIpc) is 3.27. The first-order chi connectivity index (χ1) is 16.9. The Kier molecular flexibility index (Phi) is 4.28. The Morgan fingerprint density at radius 3 is 2.03 bits per heavy atom.